The van der Waals surface area contributed by atoms with Crippen LogP contribution in [0.15, 0.2) is 72.8 Å². The minimum absolute atomic E-state index is 0.0165. The quantitative estimate of drug-likeness (QED) is 0.313. The zero-order valence-corrected chi connectivity index (χ0v) is 24.6. The maximum Gasteiger partial charge on any atom is 0.244 e. The first kappa shape index (κ1) is 30.5. The maximum atomic E-state index is 14.0. The SMILES string of the molecule is CCCNC(=O)C(Cc1ccccc1)N(Cc1ccc(Cl)cc1Cl)C(=O)CN(c1ccc(C)cc1)S(C)(=O)=O. The first-order valence-electron chi connectivity index (χ1n) is 12.6. The summed E-state index contributed by atoms with van der Waals surface area (Å²) in [6.45, 7) is 3.76. The van der Waals surface area contributed by atoms with Crippen LogP contribution >= 0.6 is 23.2 Å². The molecule has 3 rings (SSSR count). The highest BCUT2D eigenvalue weighted by molar-refractivity contribution is 7.92. The molecule has 0 saturated heterocycles. The molecule has 0 fully saturated rings. The van der Waals surface area contributed by atoms with Gasteiger partial charge in [0.05, 0.1) is 11.9 Å². The number of carbonyl (C=O) groups excluding carboxylic acids is 2. The monoisotopic (exact) mass is 589 g/mol. The molecule has 0 heterocycles. The van der Waals surface area contributed by atoms with Crippen molar-refractivity contribution in [3.8, 4) is 0 Å². The molecule has 208 valence electrons. The Balaban J connectivity index is 2.06. The molecule has 0 aliphatic heterocycles. The molecule has 0 spiro atoms. The van der Waals surface area contributed by atoms with E-state index in [-0.39, 0.29) is 18.9 Å². The van der Waals surface area contributed by atoms with Gasteiger partial charge in [0.1, 0.15) is 12.6 Å². The molecule has 1 N–H and O–H groups in total. The van der Waals surface area contributed by atoms with Crippen LogP contribution in [-0.2, 0) is 32.6 Å². The molecule has 0 saturated carbocycles. The van der Waals surface area contributed by atoms with E-state index in [9.17, 15) is 18.0 Å². The number of sulfonamides is 1. The fraction of sp³-hybridized carbons (Fsp3) is 0.310. The van der Waals surface area contributed by atoms with Crippen LogP contribution in [0.1, 0.15) is 30.0 Å². The van der Waals surface area contributed by atoms with E-state index in [4.69, 9.17) is 23.2 Å². The van der Waals surface area contributed by atoms with Crippen molar-refractivity contribution < 1.29 is 18.0 Å². The third-order valence-electron chi connectivity index (χ3n) is 6.18. The third kappa shape index (κ3) is 8.71. The van der Waals surface area contributed by atoms with Crippen LogP contribution in [0.2, 0.25) is 10.0 Å². The molecular formula is C29H33Cl2N3O4S. The first-order valence-corrected chi connectivity index (χ1v) is 15.2. The number of amides is 2. The molecule has 7 nitrogen and oxygen atoms in total. The highest BCUT2D eigenvalue weighted by Crippen LogP contribution is 2.25. The molecular weight excluding hydrogens is 557 g/mol. The summed E-state index contributed by atoms with van der Waals surface area (Å²) in [7, 11) is -3.82. The van der Waals surface area contributed by atoms with E-state index < -0.39 is 28.5 Å². The van der Waals surface area contributed by atoms with Gasteiger partial charge in [0.15, 0.2) is 0 Å². The van der Waals surface area contributed by atoms with Gasteiger partial charge in [-0.1, -0.05) is 84.2 Å². The van der Waals surface area contributed by atoms with Crippen LogP contribution in [0, 0.1) is 6.92 Å². The second-order valence-electron chi connectivity index (χ2n) is 9.36. The zero-order chi connectivity index (χ0) is 28.6. The van der Waals surface area contributed by atoms with Gasteiger partial charge in [0, 0.05) is 29.6 Å². The number of hydrogen-bond acceptors (Lipinski definition) is 4. The van der Waals surface area contributed by atoms with E-state index >= 15 is 0 Å². The lowest BCUT2D eigenvalue weighted by Crippen LogP contribution is -2.53. The Morgan fingerprint density at radius 3 is 2.23 bits per heavy atom. The average Bonchev–Trinajstić information content (AvgIpc) is 2.89. The number of anilines is 1. The van der Waals surface area contributed by atoms with Crippen LogP contribution in [0.3, 0.4) is 0 Å². The molecule has 10 heteroatoms. The summed E-state index contributed by atoms with van der Waals surface area (Å²) in [5.41, 5.74) is 2.74. The van der Waals surface area contributed by atoms with E-state index in [1.54, 1.807) is 42.5 Å². The summed E-state index contributed by atoms with van der Waals surface area (Å²) in [5.74, 6) is -0.875. The fourth-order valence-corrected chi connectivity index (χ4v) is 5.40. The molecule has 0 aromatic heterocycles. The highest BCUT2D eigenvalue weighted by Gasteiger charge is 2.33. The Morgan fingerprint density at radius 2 is 1.64 bits per heavy atom. The predicted octanol–water partition coefficient (Wildman–Crippen LogP) is 5.23. The van der Waals surface area contributed by atoms with Gasteiger partial charge < -0.3 is 10.2 Å². The molecule has 0 aliphatic carbocycles. The van der Waals surface area contributed by atoms with E-state index in [2.05, 4.69) is 5.32 Å². The van der Waals surface area contributed by atoms with Gasteiger partial charge in [-0.15, -0.1) is 0 Å². The molecule has 3 aromatic rings. The van der Waals surface area contributed by atoms with E-state index in [1.807, 2.05) is 44.2 Å². The van der Waals surface area contributed by atoms with Gasteiger partial charge >= 0.3 is 0 Å². The Kier molecular flexibility index (Phi) is 10.8. The Hall–Kier alpha value is -3.07. The lowest BCUT2D eigenvalue weighted by Gasteiger charge is -2.33. The smallest absolute Gasteiger partial charge is 0.244 e. The van der Waals surface area contributed by atoms with Crippen LogP contribution in [0.5, 0.6) is 0 Å². The summed E-state index contributed by atoms with van der Waals surface area (Å²) < 4.78 is 26.7. The van der Waals surface area contributed by atoms with Crippen LogP contribution in [0.25, 0.3) is 0 Å². The topological polar surface area (TPSA) is 86.8 Å². The molecule has 2 amide bonds. The van der Waals surface area contributed by atoms with Crippen LogP contribution in [-0.4, -0.2) is 50.5 Å². The summed E-state index contributed by atoms with van der Waals surface area (Å²) >= 11 is 12.6. The lowest BCUT2D eigenvalue weighted by molar-refractivity contribution is -0.140. The normalized spacial score (nSPS) is 12.0. The van der Waals surface area contributed by atoms with E-state index in [0.29, 0.717) is 27.8 Å². The van der Waals surface area contributed by atoms with Crippen LogP contribution in [0.4, 0.5) is 5.69 Å². The first-order chi connectivity index (χ1) is 18.5. The molecule has 0 radical (unpaired) electrons. The minimum Gasteiger partial charge on any atom is -0.354 e. The van der Waals surface area contributed by atoms with Gasteiger partial charge in [0.2, 0.25) is 21.8 Å². The Morgan fingerprint density at radius 1 is 0.974 bits per heavy atom. The number of benzene rings is 3. The number of carbonyl (C=O) groups is 2. The van der Waals surface area contributed by atoms with Crippen molar-refractivity contribution in [3.05, 3.63) is 99.5 Å². The second kappa shape index (κ2) is 13.8. The summed E-state index contributed by atoms with van der Waals surface area (Å²) in [6, 6.07) is 20.2. The van der Waals surface area contributed by atoms with Crippen molar-refractivity contribution in [1.29, 1.82) is 0 Å². The zero-order valence-electron chi connectivity index (χ0n) is 22.2. The molecule has 1 atom stereocenters. The molecule has 0 bridgehead atoms. The number of halogens is 2. The Labute approximate surface area is 240 Å². The van der Waals surface area contributed by atoms with Crippen molar-refractivity contribution in [1.82, 2.24) is 10.2 Å². The van der Waals surface area contributed by atoms with Gasteiger partial charge in [-0.25, -0.2) is 8.42 Å². The molecule has 1 unspecified atom stereocenters. The van der Waals surface area contributed by atoms with Crippen LogP contribution < -0.4 is 9.62 Å². The van der Waals surface area contributed by atoms with E-state index in [0.717, 1.165) is 28.1 Å². The van der Waals surface area contributed by atoms with Gasteiger partial charge in [-0.3, -0.25) is 13.9 Å². The van der Waals surface area contributed by atoms with Crippen molar-refractivity contribution in [2.45, 2.75) is 39.3 Å². The lowest BCUT2D eigenvalue weighted by atomic mass is 10.0. The second-order valence-corrected chi connectivity index (χ2v) is 12.1. The maximum absolute atomic E-state index is 14.0. The summed E-state index contributed by atoms with van der Waals surface area (Å²) in [4.78, 5) is 28.9. The highest BCUT2D eigenvalue weighted by atomic mass is 35.5. The average molecular weight is 591 g/mol. The van der Waals surface area contributed by atoms with Gasteiger partial charge in [-0.2, -0.15) is 0 Å². The molecule has 39 heavy (non-hydrogen) atoms. The number of hydrogen-bond donors (Lipinski definition) is 1. The van der Waals surface area contributed by atoms with Crippen molar-refractivity contribution in [2.24, 2.45) is 0 Å². The Bertz CT molecular complexity index is 1380. The van der Waals surface area contributed by atoms with Crippen molar-refractivity contribution in [2.75, 3.05) is 23.7 Å². The van der Waals surface area contributed by atoms with Crippen molar-refractivity contribution in [3.63, 3.8) is 0 Å². The number of nitrogens with one attached hydrogen (secondary N) is 1. The number of nitrogens with zero attached hydrogens (tertiary/aromatic N) is 2. The number of rotatable bonds is 12. The fourth-order valence-electron chi connectivity index (χ4n) is 4.08. The third-order valence-corrected chi connectivity index (χ3v) is 7.90. The largest absolute Gasteiger partial charge is 0.354 e. The number of aryl methyl sites for hydroxylation is 1. The predicted molar refractivity (Wildman–Crippen MR) is 158 cm³/mol. The standard InChI is InChI=1S/C29H33Cl2N3O4S/c1-4-16-32-29(36)27(17-22-8-6-5-7-9-22)33(19-23-12-13-24(30)18-26(23)31)28(35)20-34(39(3,37)38)25-14-10-21(2)11-15-25/h5-15,18,27H,4,16-17,19-20H2,1-3H3,(H,32,36). The van der Waals surface area contributed by atoms with Crippen molar-refractivity contribution >= 4 is 50.7 Å². The van der Waals surface area contributed by atoms with Gasteiger partial charge in [0.25, 0.3) is 0 Å². The van der Waals surface area contributed by atoms with E-state index in [1.165, 1.54) is 4.90 Å². The summed E-state index contributed by atoms with van der Waals surface area (Å²) in [6.07, 6.45) is 2.00. The van der Waals surface area contributed by atoms with Gasteiger partial charge in [-0.05, 0) is 48.7 Å². The minimum atomic E-state index is -3.82. The molecule has 3 aromatic carbocycles. The summed E-state index contributed by atoms with van der Waals surface area (Å²) in [5, 5.41) is 3.68. The molecule has 0 aliphatic rings.